The van der Waals surface area contributed by atoms with E-state index in [0.29, 0.717) is 0 Å². The van der Waals surface area contributed by atoms with Gasteiger partial charge >= 0.3 is 0 Å². The molecule has 0 radical (unpaired) electrons. The molecule has 2 unspecified atom stereocenters. The Morgan fingerprint density at radius 1 is 1.00 bits per heavy atom. The van der Waals surface area contributed by atoms with Gasteiger partial charge in [-0.2, -0.15) is 23.5 Å². The third-order valence-electron chi connectivity index (χ3n) is 1.00. The van der Waals surface area contributed by atoms with E-state index in [0.717, 1.165) is 10.5 Å². The van der Waals surface area contributed by atoms with Crippen molar-refractivity contribution in [2.24, 2.45) is 0 Å². The predicted molar refractivity (Wildman–Crippen MR) is 43.8 cm³/mol. The molecule has 0 aromatic carbocycles. The van der Waals surface area contributed by atoms with Gasteiger partial charge in [-0.15, -0.1) is 0 Å². The largest absolute Gasteiger partial charge is 0.157 e. The van der Waals surface area contributed by atoms with Crippen LogP contribution in [0.3, 0.4) is 0 Å². The average molecular weight is 148 g/mol. The molecule has 48 valence electrons. The Morgan fingerprint density at radius 2 is 1.12 bits per heavy atom. The van der Waals surface area contributed by atoms with Crippen molar-refractivity contribution in [3.05, 3.63) is 0 Å². The zero-order valence-corrected chi connectivity index (χ0v) is 7.02. The Labute approximate surface area is 59.8 Å². The molecule has 2 saturated heterocycles. The number of hydrogen-bond donors (Lipinski definition) is 0. The summed E-state index contributed by atoms with van der Waals surface area (Å²) in [6.07, 6.45) is 0. The van der Waals surface area contributed by atoms with E-state index >= 15 is 0 Å². The molecule has 0 amide bonds. The maximum Gasteiger partial charge on any atom is 0.0110 e. The van der Waals surface area contributed by atoms with Crippen LogP contribution in [0.5, 0.6) is 0 Å². The molecule has 0 saturated carbocycles. The minimum absolute atomic E-state index is 1.000. The maximum atomic E-state index is 2.24. The van der Waals surface area contributed by atoms with Crippen molar-refractivity contribution in [1.82, 2.24) is 0 Å². The van der Waals surface area contributed by atoms with Crippen LogP contribution in [0.4, 0.5) is 0 Å². The van der Waals surface area contributed by atoms with Gasteiger partial charge in [0.05, 0.1) is 0 Å². The Balaban J connectivity index is 0.0000000800. The second kappa shape index (κ2) is 3.02. The van der Waals surface area contributed by atoms with E-state index in [1.807, 2.05) is 23.5 Å². The van der Waals surface area contributed by atoms with Gasteiger partial charge in [-0.25, -0.2) is 0 Å². The van der Waals surface area contributed by atoms with E-state index in [9.17, 15) is 0 Å². The van der Waals surface area contributed by atoms with Crippen molar-refractivity contribution in [2.75, 3.05) is 11.5 Å². The highest BCUT2D eigenvalue weighted by Gasteiger charge is 2.13. The van der Waals surface area contributed by atoms with Crippen molar-refractivity contribution < 1.29 is 0 Å². The summed E-state index contributed by atoms with van der Waals surface area (Å²) in [6.45, 7) is 4.48. The third kappa shape index (κ3) is 4.85. The van der Waals surface area contributed by atoms with Gasteiger partial charge in [0.2, 0.25) is 0 Å². The second-order valence-electron chi connectivity index (χ2n) is 2.29. The van der Waals surface area contributed by atoms with Crippen molar-refractivity contribution in [2.45, 2.75) is 24.3 Å². The van der Waals surface area contributed by atoms with Gasteiger partial charge in [-0.1, -0.05) is 13.8 Å². The first kappa shape index (κ1) is 6.81. The third-order valence-corrected chi connectivity index (χ3v) is 3.00. The summed E-state index contributed by atoms with van der Waals surface area (Å²) < 4.78 is 0. The normalized spacial score (nSPS) is 39.8. The predicted octanol–water partition coefficient (Wildman–Crippen LogP) is 2.24. The van der Waals surface area contributed by atoms with Crippen molar-refractivity contribution >= 4 is 23.5 Å². The van der Waals surface area contributed by atoms with E-state index in [4.69, 9.17) is 0 Å². The van der Waals surface area contributed by atoms with Crippen LogP contribution in [0, 0.1) is 0 Å². The molecule has 0 N–H and O–H groups in total. The molecule has 0 bridgehead atoms. The summed E-state index contributed by atoms with van der Waals surface area (Å²) in [4.78, 5) is 0. The van der Waals surface area contributed by atoms with Gasteiger partial charge in [0, 0.05) is 22.0 Å². The highest BCUT2D eigenvalue weighted by molar-refractivity contribution is 8.07. The lowest BCUT2D eigenvalue weighted by Gasteiger charge is -1.51. The molecule has 8 heavy (non-hydrogen) atoms. The second-order valence-corrected chi connectivity index (χ2v) is 5.23. The maximum absolute atomic E-state index is 2.24. The van der Waals surface area contributed by atoms with Crippen LogP contribution in [-0.2, 0) is 0 Å². The number of hydrogen-bond acceptors (Lipinski definition) is 2. The molecule has 2 heteroatoms. The average Bonchev–Trinajstić information content (AvgIpc) is 2.47. The number of rotatable bonds is 0. The lowest BCUT2D eigenvalue weighted by Crippen LogP contribution is -1.57. The van der Waals surface area contributed by atoms with Crippen LogP contribution in [0.25, 0.3) is 0 Å². The van der Waals surface area contributed by atoms with Gasteiger partial charge in [0.15, 0.2) is 0 Å². The van der Waals surface area contributed by atoms with Crippen LogP contribution in [0.2, 0.25) is 0 Å². The SMILES string of the molecule is CC1CS1.CC1CS1. The smallest absolute Gasteiger partial charge is 0.0110 e. The summed E-state index contributed by atoms with van der Waals surface area (Å²) in [5.41, 5.74) is 0. The fraction of sp³-hybridized carbons (Fsp3) is 1.00. The van der Waals surface area contributed by atoms with Gasteiger partial charge in [0.25, 0.3) is 0 Å². The zero-order chi connectivity index (χ0) is 5.98. The van der Waals surface area contributed by atoms with E-state index < -0.39 is 0 Å². The molecule has 0 aliphatic carbocycles. The molecular weight excluding hydrogens is 136 g/mol. The molecular formula is C6H12S2. The van der Waals surface area contributed by atoms with Gasteiger partial charge in [-0.3, -0.25) is 0 Å². The standard InChI is InChI=1S/2C3H6S/c2*1-3-2-4-3/h2*3H,2H2,1H3. The summed E-state index contributed by atoms with van der Waals surface area (Å²) in [7, 11) is 0. The lowest BCUT2D eigenvalue weighted by atomic mass is 10.6. The molecule has 2 aliphatic rings. The first-order chi connectivity index (χ1) is 3.79. The molecule has 0 aromatic heterocycles. The molecule has 2 heterocycles. The van der Waals surface area contributed by atoms with Crippen LogP contribution in [0.15, 0.2) is 0 Å². The van der Waals surface area contributed by atoms with Crippen LogP contribution >= 0.6 is 23.5 Å². The fourth-order valence-corrected chi connectivity index (χ4v) is 0.577. The minimum Gasteiger partial charge on any atom is -0.157 e. The summed E-state index contributed by atoms with van der Waals surface area (Å²) in [5.74, 6) is 2.81. The Bertz CT molecular complexity index is 54.9. The first-order valence-electron chi connectivity index (χ1n) is 3.02. The van der Waals surface area contributed by atoms with Crippen molar-refractivity contribution in [3.8, 4) is 0 Å². The van der Waals surface area contributed by atoms with E-state index in [2.05, 4.69) is 13.8 Å². The van der Waals surface area contributed by atoms with E-state index in [1.165, 1.54) is 11.5 Å². The molecule has 2 aliphatic heterocycles. The van der Waals surface area contributed by atoms with Crippen LogP contribution < -0.4 is 0 Å². The van der Waals surface area contributed by atoms with Crippen molar-refractivity contribution in [3.63, 3.8) is 0 Å². The van der Waals surface area contributed by atoms with Gasteiger partial charge in [0.1, 0.15) is 0 Å². The summed E-state index contributed by atoms with van der Waals surface area (Å²) in [5, 5.41) is 2.00. The molecule has 2 fully saturated rings. The van der Waals surface area contributed by atoms with Gasteiger partial charge in [-0.05, 0) is 0 Å². The van der Waals surface area contributed by atoms with E-state index in [-0.39, 0.29) is 0 Å². The van der Waals surface area contributed by atoms with Crippen LogP contribution in [0.1, 0.15) is 13.8 Å². The zero-order valence-electron chi connectivity index (χ0n) is 5.39. The summed E-state index contributed by atoms with van der Waals surface area (Å²) >= 11 is 4.05. The van der Waals surface area contributed by atoms with Crippen LogP contribution in [-0.4, -0.2) is 22.0 Å². The Hall–Kier alpha value is 0.700. The molecule has 0 spiro atoms. The minimum atomic E-state index is 1.000. The lowest BCUT2D eigenvalue weighted by molar-refractivity contribution is 1.25. The monoisotopic (exact) mass is 148 g/mol. The Kier molecular flexibility index (Phi) is 2.57. The number of thioether (sulfide) groups is 2. The van der Waals surface area contributed by atoms with Crippen molar-refractivity contribution in [1.29, 1.82) is 0 Å². The fourth-order valence-electron chi connectivity index (χ4n) is 0.192. The molecule has 2 atom stereocenters. The topological polar surface area (TPSA) is 0 Å². The first-order valence-corrected chi connectivity index (χ1v) is 5.12. The quantitative estimate of drug-likeness (QED) is 0.483. The molecule has 0 nitrogen and oxygen atoms in total. The summed E-state index contributed by atoms with van der Waals surface area (Å²) in [6, 6.07) is 0. The Morgan fingerprint density at radius 3 is 1.12 bits per heavy atom. The molecule has 2 rings (SSSR count). The highest BCUT2D eigenvalue weighted by Crippen LogP contribution is 2.28. The molecule has 0 aromatic rings. The highest BCUT2D eigenvalue weighted by atomic mass is 32.2. The van der Waals surface area contributed by atoms with E-state index in [1.54, 1.807) is 0 Å². The van der Waals surface area contributed by atoms with Gasteiger partial charge < -0.3 is 0 Å².